The van der Waals surface area contributed by atoms with Crippen LogP contribution in [-0.2, 0) is 0 Å². The van der Waals surface area contributed by atoms with Gasteiger partial charge in [-0.25, -0.2) is 0 Å². The second-order valence-corrected chi connectivity index (χ2v) is 6.42. The molecule has 1 aromatic heterocycles. The molecule has 0 radical (unpaired) electrons. The Morgan fingerprint density at radius 3 is 2.61 bits per heavy atom. The number of nitro groups is 1. The first-order chi connectivity index (χ1) is 13.5. The number of rotatable bonds is 5. The molecule has 140 valence electrons. The van der Waals surface area contributed by atoms with Crippen molar-refractivity contribution in [3.05, 3.63) is 94.2 Å². The van der Waals surface area contributed by atoms with E-state index in [1.807, 2.05) is 30.5 Å². The van der Waals surface area contributed by atoms with Gasteiger partial charge in [-0.3, -0.25) is 10.1 Å². The van der Waals surface area contributed by atoms with Gasteiger partial charge in [-0.2, -0.15) is 0 Å². The molecule has 1 heterocycles. The van der Waals surface area contributed by atoms with E-state index in [1.165, 1.54) is 12.1 Å². The second kappa shape index (κ2) is 6.96. The van der Waals surface area contributed by atoms with E-state index >= 15 is 0 Å². The van der Waals surface area contributed by atoms with Gasteiger partial charge in [-0.05, 0) is 29.8 Å². The predicted octanol–water partition coefficient (Wildman–Crippen LogP) is 4.69. The number of aromatic hydroxyl groups is 2. The van der Waals surface area contributed by atoms with E-state index in [4.69, 9.17) is 0 Å². The first kappa shape index (κ1) is 17.4. The molecule has 7 nitrogen and oxygen atoms in total. The van der Waals surface area contributed by atoms with E-state index < -0.39 is 11.0 Å². The zero-order valence-electron chi connectivity index (χ0n) is 14.7. The van der Waals surface area contributed by atoms with Crippen molar-refractivity contribution in [1.29, 1.82) is 0 Å². The molecule has 3 aromatic carbocycles. The van der Waals surface area contributed by atoms with Crippen LogP contribution in [0.5, 0.6) is 11.5 Å². The summed E-state index contributed by atoms with van der Waals surface area (Å²) in [5.41, 5.74) is 2.73. The van der Waals surface area contributed by atoms with Gasteiger partial charge in [0.2, 0.25) is 0 Å². The van der Waals surface area contributed by atoms with Crippen molar-refractivity contribution >= 4 is 22.3 Å². The Bertz CT molecular complexity index is 1170. The number of fused-ring (bicyclic) bond motifs is 1. The van der Waals surface area contributed by atoms with E-state index in [0.717, 1.165) is 16.5 Å². The summed E-state index contributed by atoms with van der Waals surface area (Å²) in [5, 5.41) is 35.2. The lowest BCUT2D eigenvalue weighted by Crippen LogP contribution is -2.12. The van der Waals surface area contributed by atoms with Crippen molar-refractivity contribution in [2.45, 2.75) is 6.04 Å². The molecule has 0 spiro atoms. The first-order valence-corrected chi connectivity index (χ1v) is 8.62. The van der Waals surface area contributed by atoms with Gasteiger partial charge in [0.05, 0.1) is 11.0 Å². The molecule has 0 bridgehead atoms. The largest absolute Gasteiger partial charge is 0.508 e. The molecule has 7 heteroatoms. The van der Waals surface area contributed by atoms with Crippen molar-refractivity contribution < 1.29 is 15.1 Å². The molecule has 28 heavy (non-hydrogen) atoms. The second-order valence-electron chi connectivity index (χ2n) is 6.42. The molecule has 0 aliphatic rings. The Balaban J connectivity index is 1.86. The number of aromatic amines is 1. The number of hydrogen-bond donors (Lipinski definition) is 4. The van der Waals surface area contributed by atoms with Gasteiger partial charge in [0.25, 0.3) is 0 Å². The number of nitrogens with zero attached hydrogens (tertiary/aromatic N) is 1. The number of anilines is 1. The molecule has 4 N–H and O–H groups in total. The van der Waals surface area contributed by atoms with Crippen molar-refractivity contribution in [2.75, 3.05) is 5.32 Å². The zero-order chi connectivity index (χ0) is 19.7. The third-order valence-corrected chi connectivity index (χ3v) is 4.62. The highest BCUT2D eigenvalue weighted by molar-refractivity contribution is 5.84. The summed E-state index contributed by atoms with van der Waals surface area (Å²) >= 11 is 0. The number of nitro benzene ring substituents is 1. The average Bonchev–Trinajstić information content (AvgIpc) is 3.10. The lowest BCUT2D eigenvalue weighted by atomic mass is 9.97. The number of benzene rings is 3. The summed E-state index contributed by atoms with van der Waals surface area (Å²) in [5.74, 6) is -0.275. The number of aromatic nitrogens is 1. The number of nitrogens with one attached hydrogen (secondary N) is 2. The molecule has 1 unspecified atom stereocenters. The van der Waals surface area contributed by atoms with Crippen LogP contribution in [0, 0.1) is 10.1 Å². The topological polar surface area (TPSA) is 111 Å². The maximum Gasteiger partial charge on any atom is 0.311 e. The SMILES string of the molecule is O=[N+]([O-])c1cc(C(Nc2cccc(O)c2)c2c[nH]c3ccccc23)ccc1O. The van der Waals surface area contributed by atoms with Gasteiger partial charge in [0.1, 0.15) is 5.75 Å². The van der Waals surface area contributed by atoms with Crippen LogP contribution >= 0.6 is 0 Å². The van der Waals surface area contributed by atoms with Crippen LogP contribution in [0.2, 0.25) is 0 Å². The minimum absolute atomic E-state index is 0.111. The van der Waals surface area contributed by atoms with Crippen LogP contribution in [0.1, 0.15) is 17.2 Å². The fourth-order valence-corrected chi connectivity index (χ4v) is 3.30. The number of para-hydroxylation sites is 1. The minimum atomic E-state index is -0.612. The Morgan fingerprint density at radius 1 is 1.00 bits per heavy atom. The van der Waals surface area contributed by atoms with Crippen LogP contribution < -0.4 is 5.32 Å². The summed E-state index contributed by atoms with van der Waals surface area (Å²) in [6, 6.07) is 18.3. The van der Waals surface area contributed by atoms with Crippen LogP contribution in [0.25, 0.3) is 10.9 Å². The molecular formula is C21H17N3O4. The number of phenolic OH excluding ortho intramolecular Hbond substituents is 2. The van der Waals surface area contributed by atoms with E-state index in [1.54, 1.807) is 30.3 Å². The summed E-state index contributed by atoms with van der Waals surface area (Å²) in [6.07, 6.45) is 1.85. The lowest BCUT2D eigenvalue weighted by Gasteiger charge is -2.20. The number of phenols is 2. The molecule has 0 aliphatic carbocycles. The van der Waals surface area contributed by atoms with Crippen molar-refractivity contribution in [3.8, 4) is 11.5 Å². The van der Waals surface area contributed by atoms with Gasteiger partial charge in [-0.1, -0.05) is 30.3 Å². The molecule has 0 aliphatic heterocycles. The van der Waals surface area contributed by atoms with E-state index in [0.29, 0.717) is 11.3 Å². The van der Waals surface area contributed by atoms with Gasteiger partial charge in [-0.15, -0.1) is 0 Å². The Hall–Kier alpha value is -4.00. The predicted molar refractivity (Wildman–Crippen MR) is 107 cm³/mol. The summed E-state index contributed by atoms with van der Waals surface area (Å²) in [4.78, 5) is 13.9. The first-order valence-electron chi connectivity index (χ1n) is 8.62. The molecule has 1 atom stereocenters. The fourth-order valence-electron chi connectivity index (χ4n) is 3.30. The summed E-state index contributed by atoms with van der Waals surface area (Å²) < 4.78 is 0. The smallest absolute Gasteiger partial charge is 0.311 e. The van der Waals surface area contributed by atoms with Gasteiger partial charge >= 0.3 is 5.69 Å². The van der Waals surface area contributed by atoms with Crippen molar-refractivity contribution in [2.24, 2.45) is 0 Å². The van der Waals surface area contributed by atoms with E-state index in [-0.39, 0.29) is 17.2 Å². The quantitative estimate of drug-likeness (QED) is 0.299. The standard InChI is InChI=1S/C21H17N3O4/c25-15-5-3-4-14(11-15)23-21(13-8-9-20(26)19(10-13)24(27)28)17-12-22-18-7-2-1-6-16(17)18/h1-12,21-23,25-26H. The minimum Gasteiger partial charge on any atom is -0.508 e. The van der Waals surface area contributed by atoms with Crippen LogP contribution in [0.4, 0.5) is 11.4 Å². The Morgan fingerprint density at radius 2 is 1.82 bits per heavy atom. The molecule has 0 amide bonds. The van der Waals surface area contributed by atoms with Gasteiger partial charge < -0.3 is 20.5 Å². The zero-order valence-corrected chi connectivity index (χ0v) is 14.7. The monoisotopic (exact) mass is 375 g/mol. The van der Waals surface area contributed by atoms with E-state index in [9.17, 15) is 20.3 Å². The highest BCUT2D eigenvalue weighted by Gasteiger charge is 2.22. The van der Waals surface area contributed by atoms with Crippen molar-refractivity contribution in [1.82, 2.24) is 4.98 Å². The number of hydrogen-bond acceptors (Lipinski definition) is 5. The third kappa shape index (κ3) is 3.21. The molecular weight excluding hydrogens is 358 g/mol. The lowest BCUT2D eigenvalue weighted by molar-refractivity contribution is -0.385. The van der Waals surface area contributed by atoms with Crippen LogP contribution in [0.3, 0.4) is 0 Å². The van der Waals surface area contributed by atoms with Gasteiger partial charge in [0.15, 0.2) is 5.75 Å². The maximum absolute atomic E-state index is 11.3. The molecule has 0 fully saturated rings. The number of H-pyrrole nitrogens is 1. The van der Waals surface area contributed by atoms with E-state index in [2.05, 4.69) is 10.3 Å². The Kier molecular flexibility index (Phi) is 4.33. The van der Waals surface area contributed by atoms with Crippen LogP contribution in [0.15, 0.2) is 72.9 Å². The molecule has 0 saturated heterocycles. The maximum atomic E-state index is 11.3. The fraction of sp³-hybridized carbons (Fsp3) is 0.0476. The summed E-state index contributed by atoms with van der Waals surface area (Å²) in [7, 11) is 0. The third-order valence-electron chi connectivity index (χ3n) is 4.62. The molecule has 0 saturated carbocycles. The highest BCUT2D eigenvalue weighted by Crippen LogP contribution is 2.36. The van der Waals surface area contributed by atoms with Crippen molar-refractivity contribution in [3.63, 3.8) is 0 Å². The van der Waals surface area contributed by atoms with Gasteiger partial charge in [0, 0.05) is 40.5 Å². The normalized spacial score (nSPS) is 12.0. The molecule has 4 aromatic rings. The summed E-state index contributed by atoms with van der Waals surface area (Å²) in [6.45, 7) is 0. The molecule has 4 rings (SSSR count). The van der Waals surface area contributed by atoms with Crippen LogP contribution in [-0.4, -0.2) is 20.1 Å². The average molecular weight is 375 g/mol. The Labute approximate surface area is 160 Å². The highest BCUT2D eigenvalue weighted by atomic mass is 16.6.